The maximum Gasteiger partial charge on any atom is 0.231 e. The molecule has 0 aromatic heterocycles. The predicted octanol–water partition coefficient (Wildman–Crippen LogP) is 1.12. The molecule has 0 radical (unpaired) electrons. The van der Waals surface area contributed by atoms with Gasteiger partial charge in [0.25, 0.3) is 0 Å². The molecule has 0 heterocycles. The Kier molecular flexibility index (Phi) is 5.70. The van der Waals surface area contributed by atoms with Crippen LogP contribution in [0.2, 0.25) is 0 Å². The average Bonchev–Trinajstić information content (AvgIpc) is 2.42. The minimum Gasteiger partial charge on any atom is -0.409 e. The topological polar surface area (TPSA) is 87.7 Å². The zero-order valence-electron chi connectivity index (χ0n) is 10.5. The van der Waals surface area contributed by atoms with Gasteiger partial charge in [-0.1, -0.05) is 42.4 Å². The van der Waals surface area contributed by atoms with Crippen molar-refractivity contribution in [1.82, 2.24) is 5.32 Å². The maximum absolute atomic E-state index is 11.9. The van der Waals surface area contributed by atoms with E-state index in [1.54, 1.807) is 0 Å². The molecule has 4 N–H and O–H groups in total. The number of oxime groups is 1. The van der Waals surface area contributed by atoms with Crippen LogP contribution in [0, 0.1) is 5.92 Å². The molecule has 18 heavy (non-hydrogen) atoms. The first-order valence-electron chi connectivity index (χ1n) is 5.98. The summed E-state index contributed by atoms with van der Waals surface area (Å²) in [6.07, 6.45) is 1.27. The van der Waals surface area contributed by atoms with Crippen molar-refractivity contribution in [2.75, 3.05) is 6.54 Å². The monoisotopic (exact) mass is 249 g/mol. The van der Waals surface area contributed by atoms with Crippen molar-refractivity contribution in [3.8, 4) is 0 Å². The summed E-state index contributed by atoms with van der Waals surface area (Å²) in [4.78, 5) is 11.9. The van der Waals surface area contributed by atoms with Gasteiger partial charge in [0.2, 0.25) is 5.91 Å². The number of hydrogen-bond donors (Lipinski definition) is 3. The minimum atomic E-state index is -0.635. The van der Waals surface area contributed by atoms with Gasteiger partial charge in [-0.05, 0) is 18.4 Å². The summed E-state index contributed by atoms with van der Waals surface area (Å²) >= 11 is 0. The molecule has 0 aliphatic carbocycles. The summed E-state index contributed by atoms with van der Waals surface area (Å²) < 4.78 is 0. The van der Waals surface area contributed by atoms with Crippen molar-refractivity contribution in [2.45, 2.75) is 19.8 Å². The van der Waals surface area contributed by atoms with Gasteiger partial charge in [0.15, 0.2) is 5.84 Å². The Labute approximate surface area is 107 Å². The number of benzene rings is 1. The summed E-state index contributed by atoms with van der Waals surface area (Å²) in [5, 5.41) is 14.4. The highest BCUT2D eigenvalue weighted by molar-refractivity contribution is 6.02. The lowest BCUT2D eigenvalue weighted by atomic mass is 9.97. The fraction of sp³-hybridized carbons (Fsp3) is 0.385. The molecule has 0 fully saturated rings. The first-order chi connectivity index (χ1) is 8.69. The molecule has 1 aromatic carbocycles. The van der Waals surface area contributed by atoms with Crippen molar-refractivity contribution < 1.29 is 10.0 Å². The van der Waals surface area contributed by atoms with Crippen molar-refractivity contribution in [3.63, 3.8) is 0 Å². The number of carbonyl (C=O) groups excluding carboxylic acids is 1. The Morgan fingerprint density at radius 1 is 1.44 bits per heavy atom. The van der Waals surface area contributed by atoms with E-state index >= 15 is 0 Å². The van der Waals surface area contributed by atoms with Gasteiger partial charge in [0, 0.05) is 6.54 Å². The van der Waals surface area contributed by atoms with Crippen LogP contribution in [-0.4, -0.2) is 23.5 Å². The lowest BCUT2D eigenvalue weighted by molar-refractivity contribution is -0.123. The highest BCUT2D eigenvalue weighted by Gasteiger charge is 2.23. The van der Waals surface area contributed by atoms with Crippen molar-refractivity contribution in [3.05, 3.63) is 35.9 Å². The molecule has 0 saturated heterocycles. The summed E-state index contributed by atoms with van der Waals surface area (Å²) in [6.45, 7) is 2.55. The minimum absolute atomic E-state index is 0.0625. The van der Waals surface area contributed by atoms with Crippen LogP contribution in [0.4, 0.5) is 0 Å². The Balaban J connectivity index is 2.76. The molecule has 1 atom stereocenters. The fourth-order valence-corrected chi connectivity index (χ4v) is 1.62. The number of nitrogens with zero attached hydrogens (tertiary/aromatic N) is 1. The van der Waals surface area contributed by atoms with E-state index in [0.29, 0.717) is 13.0 Å². The molecular formula is C13H19N3O2. The van der Waals surface area contributed by atoms with E-state index in [0.717, 1.165) is 12.0 Å². The van der Waals surface area contributed by atoms with Crippen LogP contribution in [0.1, 0.15) is 18.9 Å². The van der Waals surface area contributed by atoms with Crippen LogP contribution >= 0.6 is 0 Å². The van der Waals surface area contributed by atoms with Crippen LogP contribution in [-0.2, 0) is 11.2 Å². The maximum atomic E-state index is 11.9. The van der Waals surface area contributed by atoms with E-state index in [-0.39, 0.29) is 11.7 Å². The van der Waals surface area contributed by atoms with Crippen LogP contribution in [0.15, 0.2) is 35.5 Å². The quantitative estimate of drug-likeness (QED) is 0.305. The van der Waals surface area contributed by atoms with Crippen LogP contribution in [0.3, 0.4) is 0 Å². The zero-order chi connectivity index (χ0) is 13.4. The number of nitrogens with one attached hydrogen (secondary N) is 1. The molecule has 0 spiro atoms. The second-order valence-electron chi connectivity index (χ2n) is 4.06. The summed E-state index contributed by atoms with van der Waals surface area (Å²) in [5.41, 5.74) is 6.55. The van der Waals surface area contributed by atoms with E-state index in [9.17, 15) is 4.79 Å². The molecule has 1 amide bonds. The Hall–Kier alpha value is -2.04. The van der Waals surface area contributed by atoms with Gasteiger partial charge in [0.05, 0.1) is 0 Å². The number of hydrogen-bond acceptors (Lipinski definition) is 3. The van der Waals surface area contributed by atoms with Gasteiger partial charge in [-0.2, -0.15) is 0 Å². The summed E-state index contributed by atoms with van der Waals surface area (Å²) in [6, 6.07) is 9.50. The first kappa shape index (κ1) is 14.0. The fourth-order valence-electron chi connectivity index (χ4n) is 1.62. The van der Waals surface area contributed by atoms with Gasteiger partial charge in [-0.3, -0.25) is 4.79 Å². The number of nitrogens with two attached hydrogens (primary N) is 1. The molecular weight excluding hydrogens is 230 g/mol. The average molecular weight is 249 g/mol. The molecule has 0 bridgehead atoms. The second kappa shape index (κ2) is 7.32. The third-order valence-electron chi connectivity index (χ3n) is 2.62. The summed E-state index contributed by atoms with van der Waals surface area (Å²) in [7, 11) is 0. The standard InChI is InChI=1S/C13H19N3O2/c1-2-8-15-13(17)11(12(14)16-18)9-10-6-4-3-5-7-10/h3-7,11,18H,2,8-9H2,1H3,(H2,14,16)(H,15,17). The Morgan fingerprint density at radius 2 is 2.11 bits per heavy atom. The molecule has 5 heteroatoms. The van der Waals surface area contributed by atoms with Gasteiger partial charge in [0.1, 0.15) is 5.92 Å². The van der Waals surface area contributed by atoms with Crippen LogP contribution in [0.5, 0.6) is 0 Å². The molecule has 1 unspecified atom stereocenters. The van der Waals surface area contributed by atoms with Gasteiger partial charge in [-0.25, -0.2) is 0 Å². The zero-order valence-corrected chi connectivity index (χ0v) is 10.5. The van der Waals surface area contributed by atoms with E-state index in [1.807, 2.05) is 37.3 Å². The molecule has 0 aliphatic heterocycles. The van der Waals surface area contributed by atoms with E-state index in [2.05, 4.69) is 10.5 Å². The van der Waals surface area contributed by atoms with Crippen LogP contribution in [0.25, 0.3) is 0 Å². The van der Waals surface area contributed by atoms with Gasteiger partial charge in [-0.15, -0.1) is 0 Å². The largest absolute Gasteiger partial charge is 0.409 e. The third kappa shape index (κ3) is 4.08. The Bertz CT molecular complexity index is 404. The van der Waals surface area contributed by atoms with Gasteiger partial charge < -0.3 is 16.3 Å². The predicted molar refractivity (Wildman–Crippen MR) is 70.3 cm³/mol. The Morgan fingerprint density at radius 3 is 2.67 bits per heavy atom. The number of rotatable bonds is 6. The number of amides is 1. The lowest BCUT2D eigenvalue weighted by Crippen LogP contribution is -2.40. The van der Waals surface area contributed by atoms with Crippen molar-refractivity contribution in [2.24, 2.45) is 16.8 Å². The SMILES string of the molecule is CCCNC(=O)C(Cc1ccccc1)C(N)=NO. The normalized spacial score (nSPS) is 13.1. The molecule has 0 aliphatic rings. The van der Waals surface area contributed by atoms with E-state index < -0.39 is 5.92 Å². The first-order valence-corrected chi connectivity index (χ1v) is 5.98. The smallest absolute Gasteiger partial charge is 0.231 e. The molecule has 1 rings (SSSR count). The lowest BCUT2D eigenvalue weighted by Gasteiger charge is -2.15. The molecule has 0 saturated carbocycles. The molecule has 5 nitrogen and oxygen atoms in total. The molecule has 1 aromatic rings. The van der Waals surface area contributed by atoms with Gasteiger partial charge >= 0.3 is 0 Å². The van der Waals surface area contributed by atoms with Crippen molar-refractivity contribution >= 4 is 11.7 Å². The van der Waals surface area contributed by atoms with E-state index in [4.69, 9.17) is 10.9 Å². The number of carbonyl (C=O) groups is 1. The molecule has 98 valence electrons. The highest BCUT2D eigenvalue weighted by Crippen LogP contribution is 2.09. The van der Waals surface area contributed by atoms with E-state index in [1.165, 1.54) is 0 Å². The third-order valence-corrected chi connectivity index (χ3v) is 2.62. The second-order valence-corrected chi connectivity index (χ2v) is 4.06. The highest BCUT2D eigenvalue weighted by atomic mass is 16.4. The van der Waals surface area contributed by atoms with Crippen molar-refractivity contribution in [1.29, 1.82) is 0 Å². The number of amidine groups is 1. The van der Waals surface area contributed by atoms with Crippen LogP contribution < -0.4 is 11.1 Å². The summed E-state index contributed by atoms with van der Waals surface area (Å²) in [5.74, 6) is -0.910.